The van der Waals surface area contributed by atoms with Gasteiger partial charge in [0.1, 0.15) is 5.69 Å². The Labute approximate surface area is 101 Å². The molecule has 2 aromatic rings. The molecule has 0 aliphatic rings. The van der Waals surface area contributed by atoms with Crippen molar-refractivity contribution in [2.45, 2.75) is 6.54 Å². The van der Waals surface area contributed by atoms with E-state index in [4.69, 9.17) is 0 Å². The molecule has 1 amide bonds. The van der Waals surface area contributed by atoms with Crippen molar-refractivity contribution in [1.82, 2.24) is 15.5 Å². The van der Waals surface area contributed by atoms with E-state index in [1.165, 1.54) is 0 Å². The van der Waals surface area contributed by atoms with E-state index in [1.807, 2.05) is 24.3 Å². The van der Waals surface area contributed by atoms with Crippen LogP contribution >= 0.6 is 15.9 Å². The molecule has 0 unspecified atom stereocenters. The minimum atomic E-state index is -0.155. The number of carbonyl (C=O) groups excluding carboxylic acids is 1. The van der Waals surface area contributed by atoms with Crippen LogP contribution in [0.25, 0.3) is 0 Å². The monoisotopic (exact) mass is 279 g/mol. The zero-order chi connectivity index (χ0) is 11.4. The molecule has 1 aromatic heterocycles. The molecular weight excluding hydrogens is 270 g/mol. The van der Waals surface area contributed by atoms with Crippen LogP contribution in [0.4, 0.5) is 0 Å². The van der Waals surface area contributed by atoms with E-state index >= 15 is 0 Å². The smallest absolute Gasteiger partial charge is 0.269 e. The Bertz CT molecular complexity index is 482. The molecule has 0 aliphatic carbocycles. The molecule has 82 valence electrons. The van der Waals surface area contributed by atoms with Gasteiger partial charge in [0.15, 0.2) is 0 Å². The lowest BCUT2D eigenvalue weighted by atomic mass is 10.2. The van der Waals surface area contributed by atoms with Crippen molar-refractivity contribution in [2.24, 2.45) is 0 Å². The molecule has 0 saturated heterocycles. The van der Waals surface area contributed by atoms with Gasteiger partial charge in [0, 0.05) is 17.2 Å². The summed E-state index contributed by atoms with van der Waals surface area (Å²) in [6, 6.07) is 9.43. The molecule has 0 spiro atoms. The van der Waals surface area contributed by atoms with Crippen molar-refractivity contribution >= 4 is 21.8 Å². The van der Waals surface area contributed by atoms with Crippen LogP contribution in [0.1, 0.15) is 16.1 Å². The Kier molecular flexibility index (Phi) is 3.36. The third-order valence-corrected chi connectivity index (χ3v) is 2.58. The second-order valence-corrected chi connectivity index (χ2v) is 4.20. The van der Waals surface area contributed by atoms with Crippen LogP contribution in [0, 0.1) is 0 Å². The molecule has 0 aliphatic heterocycles. The van der Waals surface area contributed by atoms with E-state index in [0.29, 0.717) is 12.2 Å². The Morgan fingerprint density at radius 3 is 3.00 bits per heavy atom. The predicted molar refractivity (Wildman–Crippen MR) is 63.9 cm³/mol. The molecular formula is C11H10BrN3O. The van der Waals surface area contributed by atoms with Gasteiger partial charge in [-0.05, 0) is 23.8 Å². The number of hydrogen-bond acceptors (Lipinski definition) is 2. The van der Waals surface area contributed by atoms with Gasteiger partial charge in [-0.1, -0.05) is 28.1 Å². The van der Waals surface area contributed by atoms with Gasteiger partial charge in [0.2, 0.25) is 0 Å². The summed E-state index contributed by atoms with van der Waals surface area (Å²) in [6.07, 6.45) is 1.55. The summed E-state index contributed by atoms with van der Waals surface area (Å²) in [7, 11) is 0. The highest BCUT2D eigenvalue weighted by atomic mass is 79.9. The molecule has 2 N–H and O–H groups in total. The fourth-order valence-corrected chi connectivity index (χ4v) is 1.75. The average Bonchev–Trinajstić information content (AvgIpc) is 2.79. The minimum Gasteiger partial charge on any atom is -0.347 e. The van der Waals surface area contributed by atoms with E-state index in [2.05, 4.69) is 31.4 Å². The van der Waals surface area contributed by atoms with Crippen LogP contribution in [0.3, 0.4) is 0 Å². The highest BCUT2D eigenvalue weighted by Gasteiger charge is 2.05. The van der Waals surface area contributed by atoms with Crippen molar-refractivity contribution < 1.29 is 4.79 Å². The van der Waals surface area contributed by atoms with E-state index in [0.717, 1.165) is 10.0 Å². The first kappa shape index (κ1) is 10.9. The number of amides is 1. The van der Waals surface area contributed by atoms with E-state index in [1.54, 1.807) is 12.3 Å². The predicted octanol–water partition coefficient (Wildman–Crippen LogP) is 2.10. The molecule has 0 bridgehead atoms. The number of nitrogens with one attached hydrogen (secondary N) is 2. The number of aromatic nitrogens is 2. The number of carbonyl (C=O) groups is 1. The average molecular weight is 280 g/mol. The molecule has 16 heavy (non-hydrogen) atoms. The van der Waals surface area contributed by atoms with Gasteiger partial charge in [0.05, 0.1) is 0 Å². The summed E-state index contributed by atoms with van der Waals surface area (Å²) in [6.45, 7) is 0.497. The van der Waals surface area contributed by atoms with Gasteiger partial charge in [-0.3, -0.25) is 9.89 Å². The Morgan fingerprint density at radius 1 is 1.44 bits per heavy atom. The highest BCUT2D eigenvalue weighted by molar-refractivity contribution is 9.10. The highest BCUT2D eigenvalue weighted by Crippen LogP contribution is 2.11. The molecule has 4 nitrogen and oxygen atoms in total. The molecule has 0 fully saturated rings. The lowest BCUT2D eigenvalue weighted by molar-refractivity contribution is 0.0946. The number of H-pyrrole nitrogens is 1. The maximum absolute atomic E-state index is 11.6. The third kappa shape index (κ3) is 2.70. The van der Waals surface area contributed by atoms with Gasteiger partial charge in [0.25, 0.3) is 5.91 Å². The summed E-state index contributed by atoms with van der Waals surface area (Å²) >= 11 is 3.38. The maximum Gasteiger partial charge on any atom is 0.269 e. The van der Waals surface area contributed by atoms with Gasteiger partial charge in [-0.25, -0.2) is 0 Å². The normalized spacial score (nSPS) is 10.1. The standard InChI is InChI=1S/C11H10BrN3O/c12-9-3-1-2-8(6-9)7-13-11(16)10-4-5-14-15-10/h1-6H,7H2,(H,13,16)(H,14,15). The Hall–Kier alpha value is -1.62. The van der Waals surface area contributed by atoms with Crippen molar-refractivity contribution in [3.8, 4) is 0 Å². The van der Waals surface area contributed by atoms with E-state index in [9.17, 15) is 4.79 Å². The number of nitrogens with zero attached hydrogens (tertiary/aromatic N) is 1. The summed E-state index contributed by atoms with van der Waals surface area (Å²) < 4.78 is 1.00. The third-order valence-electron chi connectivity index (χ3n) is 2.09. The maximum atomic E-state index is 11.6. The molecule has 0 radical (unpaired) electrons. The largest absolute Gasteiger partial charge is 0.347 e. The molecule has 2 rings (SSSR count). The topological polar surface area (TPSA) is 57.8 Å². The van der Waals surface area contributed by atoms with Crippen LogP contribution in [-0.4, -0.2) is 16.1 Å². The van der Waals surface area contributed by atoms with Crippen LogP contribution in [0.15, 0.2) is 41.0 Å². The van der Waals surface area contributed by atoms with Gasteiger partial charge in [-0.2, -0.15) is 5.10 Å². The van der Waals surface area contributed by atoms with Crippen LogP contribution < -0.4 is 5.32 Å². The number of hydrogen-bond donors (Lipinski definition) is 2. The number of rotatable bonds is 3. The van der Waals surface area contributed by atoms with Crippen molar-refractivity contribution in [3.05, 3.63) is 52.3 Å². The summed E-state index contributed by atoms with van der Waals surface area (Å²) in [5.41, 5.74) is 1.51. The van der Waals surface area contributed by atoms with Gasteiger partial charge in [-0.15, -0.1) is 0 Å². The van der Waals surface area contributed by atoms with Crippen LogP contribution in [0.5, 0.6) is 0 Å². The Balaban J connectivity index is 1.95. The molecule has 0 atom stereocenters. The van der Waals surface area contributed by atoms with E-state index < -0.39 is 0 Å². The molecule has 0 saturated carbocycles. The minimum absolute atomic E-state index is 0.155. The first-order valence-corrected chi connectivity index (χ1v) is 5.57. The van der Waals surface area contributed by atoms with Crippen LogP contribution in [-0.2, 0) is 6.54 Å². The lowest BCUT2D eigenvalue weighted by Crippen LogP contribution is -2.23. The molecule has 5 heteroatoms. The zero-order valence-corrected chi connectivity index (χ0v) is 9.99. The number of aromatic amines is 1. The Morgan fingerprint density at radius 2 is 2.31 bits per heavy atom. The summed E-state index contributed by atoms with van der Waals surface area (Å²) in [4.78, 5) is 11.6. The van der Waals surface area contributed by atoms with Gasteiger partial charge >= 0.3 is 0 Å². The van der Waals surface area contributed by atoms with Crippen molar-refractivity contribution in [2.75, 3.05) is 0 Å². The molecule has 1 heterocycles. The van der Waals surface area contributed by atoms with Gasteiger partial charge < -0.3 is 5.32 Å². The fraction of sp³-hybridized carbons (Fsp3) is 0.0909. The summed E-state index contributed by atoms with van der Waals surface area (Å²) in [5.74, 6) is -0.155. The first-order valence-electron chi connectivity index (χ1n) is 4.78. The number of benzene rings is 1. The second kappa shape index (κ2) is 4.94. The van der Waals surface area contributed by atoms with E-state index in [-0.39, 0.29) is 5.91 Å². The fourth-order valence-electron chi connectivity index (χ4n) is 1.31. The number of halogens is 1. The lowest BCUT2D eigenvalue weighted by Gasteiger charge is -2.03. The quantitative estimate of drug-likeness (QED) is 0.904. The summed E-state index contributed by atoms with van der Waals surface area (Å²) in [5, 5.41) is 9.13. The molecule has 1 aromatic carbocycles. The zero-order valence-electron chi connectivity index (χ0n) is 8.40. The SMILES string of the molecule is O=C(NCc1cccc(Br)c1)c1ccn[nH]1. The van der Waals surface area contributed by atoms with Crippen LogP contribution in [0.2, 0.25) is 0 Å². The van der Waals surface area contributed by atoms with Crippen molar-refractivity contribution in [3.63, 3.8) is 0 Å². The van der Waals surface area contributed by atoms with Crippen molar-refractivity contribution in [1.29, 1.82) is 0 Å². The first-order chi connectivity index (χ1) is 7.75. The second-order valence-electron chi connectivity index (χ2n) is 3.28.